The van der Waals surface area contributed by atoms with Crippen LogP contribution in [-0.2, 0) is 21.1 Å². The predicted molar refractivity (Wildman–Crippen MR) is 120 cm³/mol. The zero-order chi connectivity index (χ0) is 22.9. The highest BCUT2D eigenvalue weighted by Gasteiger charge is 2.24. The normalized spacial score (nSPS) is 12.6. The number of sulfone groups is 1. The average Bonchev–Trinajstić information content (AvgIpc) is 3.15. The second kappa shape index (κ2) is 8.72. The molecule has 4 aromatic rings. The number of carbonyl (C=O) groups excluding carboxylic acids is 1. The largest absolute Gasteiger partial charge is 0.423 e. The molecule has 1 aromatic heterocycles. The third kappa shape index (κ3) is 4.81. The molecule has 3 aromatic carbocycles. The highest BCUT2D eigenvalue weighted by Crippen LogP contribution is 2.29. The summed E-state index contributed by atoms with van der Waals surface area (Å²) in [4.78, 5) is 17.6. The van der Waals surface area contributed by atoms with Crippen LogP contribution < -0.4 is 5.32 Å². The van der Waals surface area contributed by atoms with Crippen molar-refractivity contribution in [1.29, 1.82) is 0 Å². The van der Waals surface area contributed by atoms with Crippen molar-refractivity contribution in [2.45, 2.75) is 17.2 Å². The molecule has 164 valence electrons. The lowest BCUT2D eigenvalue weighted by molar-refractivity contribution is -0.117. The van der Waals surface area contributed by atoms with E-state index in [1.165, 1.54) is 30.3 Å². The molecular weight excluding hydrogens is 455 g/mol. The molecule has 0 radical (unpaired) electrons. The van der Waals surface area contributed by atoms with Crippen molar-refractivity contribution in [1.82, 2.24) is 4.98 Å². The Kier molecular flexibility index (Phi) is 5.99. The van der Waals surface area contributed by atoms with Crippen LogP contribution in [0.5, 0.6) is 0 Å². The van der Waals surface area contributed by atoms with Crippen LogP contribution in [0.4, 0.5) is 10.4 Å². The molecule has 0 saturated carbocycles. The number of hydrogen-bond donors (Lipinski definition) is 1. The number of rotatable bonds is 6. The number of amides is 1. The van der Waals surface area contributed by atoms with Crippen molar-refractivity contribution in [3.63, 3.8) is 0 Å². The average molecular weight is 473 g/mol. The lowest BCUT2D eigenvalue weighted by Crippen LogP contribution is -2.23. The van der Waals surface area contributed by atoms with E-state index in [9.17, 15) is 17.6 Å². The smallest absolute Gasteiger partial charge is 0.302 e. The Bertz CT molecular complexity index is 1370. The number of nitrogens with one attached hydrogen (secondary N) is 1. The standard InChI is InChI=1S/C23H18ClFN2O4S/c1-32(29,30)17-10-7-14(8-11-17)18(12-15-6-9-16(25)13-19(15)24)22(28)27-23-26-20-4-2-3-5-21(20)31-23/h2-11,13,18H,12H2,1H3,(H,26,27,28). The van der Waals surface area contributed by atoms with Gasteiger partial charge in [0.1, 0.15) is 11.3 Å². The number of halogens is 2. The Hall–Kier alpha value is -3.23. The van der Waals surface area contributed by atoms with E-state index < -0.39 is 27.5 Å². The summed E-state index contributed by atoms with van der Waals surface area (Å²) in [5.41, 5.74) is 2.25. The van der Waals surface area contributed by atoms with E-state index in [-0.39, 0.29) is 22.4 Å². The number of carbonyl (C=O) groups is 1. The summed E-state index contributed by atoms with van der Waals surface area (Å²) in [5, 5.41) is 2.87. The van der Waals surface area contributed by atoms with Gasteiger partial charge in [0, 0.05) is 11.3 Å². The number of anilines is 1. The second-order valence-electron chi connectivity index (χ2n) is 7.31. The molecule has 1 amide bonds. The molecule has 0 fully saturated rings. The summed E-state index contributed by atoms with van der Waals surface area (Å²) >= 11 is 6.18. The van der Waals surface area contributed by atoms with E-state index in [0.717, 1.165) is 6.26 Å². The van der Waals surface area contributed by atoms with Gasteiger partial charge in [-0.25, -0.2) is 12.8 Å². The third-order valence-corrected chi connectivity index (χ3v) is 6.47. The van der Waals surface area contributed by atoms with Gasteiger partial charge < -0.3 is 4.42 Å². The first kappa shape index (κ1) is 22.0. The summed E-state index contributed by atoms with van der Waals surface area (Å²) in [7, 11) is -3.39. The van der Waals surface area contributed by atoms with Gasteiger partial charge in [-0.1, -0.05) is 41.9 Å². The van der Waals surface area contributed by atoms with Gasteiger partial charge >= 0.3 is 6.01 Å². The zero-order valence-electron chi connectivity index (χ0n) is 16.9. The van der Waals surface area contributed by atoms with Gasteiger partial charge in [0.05, 0.1) is 10.8 Å². The molecule has 6 nitrogen and oxygen atoms in total. The van der Waals surface area contributed by atoms with E-state index in [1.807, 2.05) is 0 Å². The van der Waals surface area contributed by atoms with Crippen molar-refractivity contribution >= 4 is 44.5 Å². The van der Waals surface area contributed by atoms with Crippen LogP contribution in [0.1, 0.15) is 17.0 Å². The number of para-hydroxylation sites is 2. The first-order chi connectivity index (χ1) is 15.2. The Morgan fingerprint density at radius 1 is 1.12 bits per heavy atom. The van der Waals surface area contributed by atoms with Crippen molar-refractivity contribution < 1.29 is 22.0 Å². The monoisotopic (exact) mass is 472 g/mol. The number of fused-ring (bicyclic) bond motifs is 1. The fourth-order valence-electron chi connectivity index (χ4n) is 3.33. The topological polar surface area (TPSA) is 89.3 Å². The van der Waals surface area contributed by atoms with Crippen molar-refractivity contribution in [2.75, 3.05) is 11.6 Å². The summed E-state index contributed by atoms with van der Waals surface area (Å²) in [6.07, 6.45) is 1.27. The van der Waals surface area contributed by atoms with E-state index in [4.69, 9.17) is 16.0 Å². The molecule has 0 saturated heterocycles. The molecule has 0 bridgehead atoms. The van der Waals surface area contributed by atoms with Crippen LogP contribution in [0.2, 0.25) is 5.02 Å². The van der Waals surface area contributed by atoms with E-state index in [2.05, 4.69) is 10.3 Å². The minimum Gasteiger partial charge on any atom is -0.423 e. The number of aromatic nitrogens is 1. The van der Waals surface area contributed by atoms with Crippen molar-refractivity contribution in [3.05, 3.63) is 88.7 Å². The molecule has 1 unspecified atom stereocenters. The molecule has 0 aliphatic carbocycles. The molecule has 0 aliphatic rings. The molecule has 9 heteroatoms. The van der Waals surface area contributed by atoms with Gasteiger partial charge in [0.15, 0.2) is 15.4 Å². The highest BCUT2D eigenvalue weighted by atomic mass is 35.5. The van der Waals surface area contributed by atoms with Crippen LogP contribution in [0.25, 0.3) is 11.1 Å². The molecule has 0 aliphatic heterocycles. The summed E-state index contributed by atoms with van der Waals surface area (Å²) in [6.45, 7) is 0. The maximum absolute atomic E-state index is 13.5. The van der Waals surface area contributed by atoms with Crippen LogP contribution in [-0.4, -0.2) is 25.6 Å². The lowest BCUT2D eigenvalue weighted by Gasteiger charge is -2.17. The number of oxazole rings is 1. The predicted octanol–water partition coefficient (Wildman–Crippen LogP) is 4.99. The third-order valence-electron chi connectivity index (χ3n) is 4.99. The molecule has 32 heavy (non-hydrogen) atoms. The van der Waals surface area contributed by atoms with Gasteiger partial charge in [-0.3, -0.25) is 10.1 Å². The zero-order valence-corrected chi connectivity index (χ0v) is 18.5. The van der Waals surface area contributed by atoms with Crippen LogP contribution in [0, 0.1) is 5.82 Å². The van der Waals surface area contributed by atoms with Crippen LogP contribution >= 0.6 is 11.6 Å². The van der Waals surface area contributed by atoms with E-state index in [1.54, 1.807) is 36.4 Å². The summed E-state index contributed by atoms with van der Waals surface area (Å²) < 4.78 is 42.6. The number of nitrogens with zero attached hydrogens (tertiary/aromatic N) is 1. The van der Waals surface area contributed by atoms with Gasteiger partial charge in [-0.05, 0) is 53.9 Å². The minimum atomic E-state index is -3.39. The maximum atomic E-state index is 13.5. The first-order valence-electron chi connectivity index (χ1n) is 9.61. The molecule has 4 rings (SSSR count). The minimum absolute atomic E-state index is 0.0409. The lowest BCUT2D eigenvalue weighted by atomic mass is 9.91. The molecule has 1 heterocycles. The Morgan fingerprint density at radius 2 is 1.84 bits per heavy atom. The van der Waals surface area contributed by atoms with Crippen LogP contribution in [0.15, 0.2) is 76.0 Å². The van der Waals surface area contributed by atoms with Gasteiger partial charge in [0.25, 0.3) is 0 Å². The Labute approximate surface area is 189 Å². The van der Waals surface area contributed by atoms with Gasteiger partial charge in [0.2, 0.25) is 5.91 Å². The second-order valence-corrected chi connectivity index (χ2v) is 9.73. The van der Waals surface area contributed by atoms with Crippen LogP contribution in [0.3, 0.4) is 0 Å². The Balaban J connectivity index is 1.67. The Morgan fingerprint density at radius 3 is 2.50 bits per heavy atom. The van der Waals surface area contributed by atoms with Crippen molar-refractivity contribution in [2.24, 2.45) is 0 Å². The fraction of sp³-hybridized carbons (Fsp3) is 0.130. The first-order valence-corrected chi connectivity index (χ1v) is 11.9. The summed E-state index contributed by atoms with van der Waals surface area (Å²) in [6, 6.07) is 17.1. The van der Waals surface area contributed by atoms with E-state index in [0.29, 0.717) is 22.2 Å². The van der Waals surface area contributed by atoms with Crippen molar-refractivity contribution in [3.8, 4) is 0 Å². The molecule has 0 spiro atoms. The van der Waals surface area contributed by atoms with E-state index >= 15 is 0 Å². The van der Waals surface area contributed by atoms with Gasteiger partial charge in [-0.15, -0.1) is 0 Å². The quantitative estimate of drug-likeness (QED) is 0.427. The molecule has 1 atom stereocenters. The number of benzene rings is 3. The summed E-state index contributed by atoms with van der Waals surface area (Å²) in [5.74, 6) is -1.67. The molecule has 1 N–H and O–H groups in total. The highest BCUT2D eigenvalue weighted by molar-refractivity contribution is 7.90. The SMILES string of the molecule is CS(=O)(=O)c1ccc(C(Cc2ccc(F)cc2Cl)C(=O)Nc2nc3ccccc3o2)cc1. The molecular formula is C23H18ClFN2O4S. The fourth-order valence-corrected chi connectivity index (χ4v) is 4.21. The number of hydrogen-bond acceptors (Lipinski definition) is 5. The maximum Gasteiger partial charge on any atom is 0.302 e. The van der Waals surface area contributed by atoms with Gasteiger partial charge in [-0.2, -0.15) is 4.98 Å².